The van der Waals surface area contributed by atoms with E-state index in [4.69, 9.17) is 4.42 Å². The molecule has 2 atom stereocenters. The minimum Gasteiger partial charge on any atom is -0.468 e. The Hall–Kier alpha value is -1.82. The van der Waals surface area contributed by atoms with Gasteiger partial charge in [-0.05, 0) is 33.2 Å². The minimum atomic E-state index is -0.239. The number of rotatable bonds is 6. The molecule has 2 heterocycles. The van der Waals surface area contributed by atoms with Crippen LogP contribution >= 0.6 is 0 Å². The molecule has 21 heavy (non-hydrogen) atoms. The number of furan rings is 1. The third-order valence-corrected chi connectivity index (χ3v) is 3.93. The highest BCUT2D eigenvalue weighted by atomic mass is 16.3. The Morgan fingerprint density at radius 3 is 2.86 bits per heavy atom. The van der Waals surface area contributed by atoms with Crippen LogP contribution < -0.4 is 5.32 Å². The third kappa shape index (κ3) is 3.64. The summed E-state index contributed by atoms with van der Waals surface area (Å²) in [7, 11) is 3.88. The van der Waals surface area contributed by atoms with Crippen LogP contribution in [0.5, 0.6) is 0 Å². The summed E-state index contributed by atoms with van der Waals surface area (Å²) < 4.78 is 5.41. The molecule has 1 aromatic heterocycles. The minimum absolute atomic E-state index is 0.0108. The Labute approximate surface area is 125 Å². The van der Waals surface area contributed by atoms with Crippen LogP contribution in [0.25, 0.3) is 0 Å². The largest absolute Gasteiger partial charge is 0.468 e. The van der Waals surface area contributed by atoms with Crippen LogP contribution in [0.2, 0.25) is 0 Å². The third-order valence-electron chi connectivity index (χ3n) is 3.93. The quantitative estimate of drug-likeness (QED) is 0.845. The van der Waals surface area contributed by atoms with Gasteiger partial charge in [0.2, 0.25) is 11.8 Å². The number of nitrogens with one attached hydrogen (secondary N) is 1. The molecule has 2 rings (SSSR count). The highest BCUT2D eigenvalue weighted by Crippen LogP contribution is 2.20. The van der Waals surface area contributed by atoms with Crippen LogP contribution in [0.4, 0.5) is 0 Å². The van der Waals surface area contributed by atoms with E-state index in [0.717, 1.165) is 5.76 Å². The molecule has 0 spiro atoms. The van der Waals surface area contributed by atoms with Gasteiger partial charge in [0.05, 0.1) is 18.2 Å². The molecule has 116 valence electrons. The van der Waals surface area contributed by atoms with Crippen molar-refractivity contribution >= 4 is 11.8 Å². The Kier molecular flexibility index (Phi) is 5.01. The monoisotopic (exact) mass is 293 g/mol. The maximum absolute atomic E-state index is 12.2. The van der Waals surface area contributed by atoms with Crippen molar-refractivity contribution in [2.45, 2.75) is 19.4 Å². The predicted octanol–water partition coefficient (Wildman–Crippen LogP) is 0.867. The lowest BCUT2D eigenvalue weighted by Gasteiger charge is -2.23. The van der Waals surface area contributed by atoms with E-state index in [1.807, 2.05) is 38.1 Å². The summed E-state index contributed by atoms with van der Waals surface area (Å²) >= 11 is 0. The average molecular weight is 293 g/mol. The summed E-state index contributed by atoms with van der Waals surface area (Å²) in [6.07, 6.45) is 1.94. The van der Waals surface area contributed by atoms with E-state index in [1.165, 1.54) is 0 Å². The zero-order valence-corrected chi connectivity index (χ0v) is 12.8. The van der Waals surface area contributed by atoms with Gasteiger partial charge in [0.25, 0.3) is 0 Å². The molecule has 1 N–H and O–H groups in total. The molecule has 1 aromatic rings. The van der Waals surface area contributed by atoms with Crippen molar-refractivity contribution in [3.05, 3.63) is 24.2 Å². The van der Waals surface area contributed by atoms with Crippen LogP contribution in [0.15, 0.2) is 22.8 Å². The van der Waals surface area contributed by atoms with Gasteiger partial charge in [0, 0.05) is 26.1 Å². The van der Waals surface area contributed by atoms with Crippen molar-refractivity contribution < 1.29 is 14.0 Å². The summed E-state index contributed by atoms with van der Waals surface area (Å²) in [6.45, 7) is 3.58. The van der Waals surface area contributed by atoms with Crippen molar-refractivity contribution in [1.29, 1.82) is 0 Å². The van der Waals surface area contributed by atoms with Crippen LogP contribution in [0.1, 0.15) is 25.1 Å². The van der Waals surface area contributed by atoms with Crippen molar-refractivity contribution in [2.24, 2.45) is 5.92 Å². The maximum atomic E-state index is 12.2. The van der Waals surface area contributed by atoms with Crippen LogP contribution in [0.3, 0.4) is 0 Å². The zero-order valence-electron chi connectivity index (χ0n) is 12.8. The van der Waals surface area contributed by atoms with Gasteiger partial charge in [-0.25, -0.2) is 0 Å². The van der Waals surface area contributed by atoms with Gasteiger partial charge in [-0.3, -0.25) is 14.5 Å². The second kappa shape index (κ2) is 6.76. The van der Waals surface area contributed by atoms with Crippen LogP contribution in [0, 0.1) is 5.92 Å². The Bertz CT molecular complexity index is 484. The summed E-state index contributed by atoms with van der Waals surface area (Å²) in [5.74, 6) is 0.584. The first-order valence-electron chi connectivity index (χ1n) is 7.28. The van der Waals surface area contributed by atoms with E-state index < -0.39 is 0 Å². The predicted molar refractivity (Wildman–Crippen MR) is 78.5 cm³/mol. The van der Waals surface area contributed by atoms with Crippen LogP contribution in [-0.2, 0) is 9.59 Å². The molecule has 6 heteroatoms. The normalized spacial score (nSPS) is 20.1. The number of hydrogen-bond acceptors (Lipinski definition) is 4. The van der Waals surface area contributed by atoms with Gasteiger partial charge in [-0.1, -0.05) is 0 Å². The van der Waals surface area contributed by atoms with Crippen molar-refractivity contribution in [3.63, 3.8) is 0 Å². The Morgan fingerprint density at radius 2 is 2.33 bits per heavy atom. The molecule has 0 saturated carbocycles. The first-order chi connectivity index (χ1) is 10.0. The molecule has 0 bridgehead atoms. The Balaban J connectivity index is 1.90. The fraction of sp³-hybridized carbons (Fsp3) is 0.600. The molecular weight excluding hydrogens is 270 g/mol. The Morgan fingerprint density at radius 1 is 1.57 bits per heavy atom. The number of nitrogens with zero attached hydrogens (tertiary/aromatic N) is 2. The van der Waals surface area contributed by atoms with Gasteiger partial charge >= 0.3 is 0 Å². The van der Waals surface area contributed by atoms with Gasteiger partial charge in [0.1, 0.15) is 5.76 Å². The zero-order chi connectivity index (χ0) is 15.4. The van der Waals surface area contributed by atoms with E-state index >= 15 is 0 Å². The van der Waals surface area contributed by atoms with Crippen molar-refractivity contribution in [1.82, 2.24) is 15.1 Å². The van der Waals surface area contributed by atoms with Crippen molar-refractivity contribution in [2.75, 3.05) is 33.7 Å². The molecule has 0 aliphatic carbocycles. The van der Waals surface area contributed by atoms with E-state index in [2.05, 4.69) is 5.32 Å². The number of hydrogen-bond donors (Lipinski definition) is 1. The molecular formula is C15H23N3O3. The topological polar surface area (TPSA) is 65.8 Å². The lowest BCUT2D eigenvalue weighted by molar-refractivity contribution is -0.128. The summed E-state index contributed by atoms with van der Waals surface area (Å²) in [5.41, 5.74) is 0. The standard InChI is InChI=1S/C15H23N3O3/c1-4-18-10-11(8-14(18)19)15(20)16-9-12(17(2)3)13-6-5-7-21-13/h5-7,11-12H,4,8-10H2,1-3H3,(H,16,20)/t11-,12-/m1/s1. The number of amides is 2. The van der Waals surface area contributed by atoms with Gasteiger partial charge in [0.15, 0.2) is 0 Å². The fourth-order valence-electron chi connectivity index (χ4n) is 2.61. The lowest BCUT2D eigenvalue weighted by Crippen LogP contribution is -2.38. The first-order valence-corrected chi connectivity index (χ1v) is 7.28. The second-order valence-corrected chi connectivity index (χ2v) is 5.57. The van der Waals surface area contributed by atoms with Crippen LogP contribution in [-0.4, -0.2) is 55.3 Å². The average Bonchev–Trinajstić information content (AvgIpc) is 3.07. The number of likely N-dealkylation sites (N-methyl/N-ethyl adjacent to an activating group) is 1. The molecule has 1 aliphatic heterocycles. The summed E-state index contributed by atoms with van der Waals surface area (Å²) in [4.78, 5) is 27.6. The first kappa shape index (κ1) is 15.6. The van der Waals surface area contributed by atoms with Gasteiger partial charge in [-0.2, -0.15) is 0 Å². The fourth-order valence-corrected chi connectivity index (χ4v) is 2.61. The molecule has 6 nitrogen and oxygen atoms in total. The number of carbonyl (C=O) groups excluding carboxylic acids is 2. The molecule has 2 amide bonds. The second-order valence-electron chi connectivity index (χ2n) is 5.57. The number of carbonyl (C=O) groups is 2. The van der Waals surface area contributed by atoms with E-state index in [0.29, 0.717) is 26.1 Å². The molecule has 0 radical (unpaired) electrons. The molecule has 0 unspecified atom stereocenters. The maximum Gasteiger partial charge on any atom is 0.225 e. The van der Waals surface area contributed by atoms with E-state index in [-0.39, 0.29) is 23.8 Å². The molecule has 1 saturated heterocycles. The smallest absolute Gasteiger partial charge is 0.225 e. The van der Waals surface area contributed by atoms with Gasteiger partial charge < -0.3 is 14.6 Å². The van der Waals surface area contributed by atoms with E-state index in [9.17, 15) is 9.59 Å². The molecule has 1 fully saturated rings. The molecule has 1 aliphatic rings. The summed E-state index contributed by atoms with van der Waals surface area (Å²) in [6, 6.07) is 3.72. The van der Waals surface area contributed by atoms with Gasteiger partial charge in [-0.15, -0.1) is 0 Å². The highest BCUT2D eigenvalue weighted by Gasteiger charge is 2.33. The van der Waals surface area contributed by atoms with Crippen molar-refractivity contribution in [3.8, 4) is 0 Å². The SMILES string of the molecule is CCN1C[C@H](C(=O)NC[C@H](c2ccco2)N(C)C)CC1=O. The molecule has 0 aromatic carbocycles. The summed E-state index contributed by atoms with van der Waals surface area (Å²) in [5, 5.41) is 2.94. The highest BCUT2D eigenvalue weighted by molar-refractivity contribution is 5.89. The number of likely N-dealkylation sites (tertiary alicyclic amines) is 1. The van der Waals surface area contributed by atoms with E-state index in [1.54, 1.807) is 11.2 Å². The lowest BCUT2D eigenvalue weighted by atomic mass is 10.1.